The number of aromatic nitrogens is 1. The van der Waals surface area contributed by atoms with Crippen LogP contribution >= 0.6 is 0 Å². The van der Waals surface area contributed by atoms with Gasteiger partial charge in [-0.15, -0.1) is 0 Å². The molecule has 15 amide bonds. The Kier molecular flexibility index (Phi) is 32.1. The van der Waals surface area contributed by atoms with E-state index in [1.165, 1.54) is 34.1 Å². The van der Waals surface area contributed by atoms with Gasteiger partial charge in [0, 0.05) is 37.3 Å². The quantitative estimate of drug-likeness (QED) is 0.0222. The smallest absolute Gasteiger partial charge is 0.316 e. The Morgan fingerprint density at radius 1 is 0.417 bits per heavy atom. The number of amides is 15. The predicted molar refractivity (Wildman–Crippen MR) is 512 cm³/mol. The van der Waals surface area contributed by atoms with Gasteiger partial charge in [-0.1, -0.05) is 206 Å². The Bertz CT molecular complexity index is 5010. The SMILES string of the molecule is CC(C)(C)[C@H](NC(=O)N[C@H](C(=O)c1ccccn1)C1CCCCC1)C(=O)N1C[C@H]2[C@@H]([C@H]1C(=O)NC(CC1CC1)C(=O)C(N)=O)C2(C)C.CC(C)[C@H](NC(=O)N[C@H](C(=O)N1C[C@H]2[C@@H]([C@H]1C(=O)NC(CC1CC1)C(=O)C(N)=O)C2(C)C)C(C)(C)C)C(=O)c1ccc(F)cc1.CC1([C@H](NC(=O)N[C@H](C(=O)C2CC2)C2CCCCC2)C(=O)N2C[C@H]3[C@@H]([C@H]2C(=O)NC(CC2CC2)C(=O)C(N)=O)C3(C)C)CCCCC1. The summed E-state index contributed by atoms with van der Waals surface area (Å²) < 4.78 is 13.4. The molecular weight excluding hydrogens is 1780 g/mol. The zero-order valence-electron chi connectivity index (χ0n) is 83.8. The fraction of sp³-hybridized carbons (Fsp3) is 0.721. The average Bonchev–Trinajstić information content (AvgIpc) is 1.53. The Balaban J connectivity index is 0.000000176. The Morgan fingerprint density at radius 3 is 1.13 bits per heavy atom. The van der Waals surface area contributed by atoms with E-state index in [1.807, 2.05) is 34.6 Å². The summed E-state index contributed by atoms with van der Waals surface area (Å²) in [5.41, 5.74) is 13.8. The molecule has 3 unspecified atom stereocenters. The minimum atomic E-state index is -1.12. The van der Waals surface area contributed by atoms with Crippen LogP contribution in [-0.4, -0.2) is 218 Å². The number of rotatable bonds is 37. The highest BCUT2D eigenvalue weighted by Gasteiger charge is 2.73. The molecular formula is C104H151FN16O18. The van der Waals surface area contributed by atoms with Crippen LogP contribution in [0, 0.1) is 115 Å². The number of carbonyl (C=O) groups excluding carboxylic acids is 18. The number of nitrogens with zero attached hydrogens (tertiary/aromatic N) is 4. The van der Waals surface area contributed by atoms with Crippen molar-refractivity contribution in [3.63, 3.8) is 0 Å². The van der Waals surface area contributed by atoms with Gasteiger partial charge in [0.05, 0.1) is 36.3 Å². The summed E-state index contributed by atoms with van der Waals surface area (Å²) in [5, 5.41) is 25.7. The number of Topliss-reactive ketones (excluding diaryl/α,β-unsaturated/α-hetero) is 6. The first-order valence-corrected chi connectivity index (χ1v) is 51.1. The summed E-state index contributed by atoms with van der Waals surface area (Å²) in [6.07, 6.45) is 23.9. The summed E-state index contributed by atoms with van der Waals surface area (Å²) in [6, 6.07) is -2.72. The Morgan fingerprint density at radius 2 is 0.777 bits per heavy atom. The highest BCUT2D eigenvalue weighted by atomic mass is 19.1. The molecule has 35 heteroatoms. The molecule has 18 atom stereocenters. The van der Waals surface area contributed by atoms with Crippen molar-refractivity contribution in [3.8, 4) is 0 Å². The number of fused-ring (bicyclic) bond motifs is 3. The molecule has 13 aliphatic rings. The van der Waals surface area contributed by atoms with Crippen LogP contribution in [0.1, 0.15) is 292 Å². The molecule has 139 heavy (non-hydrogen) atoms. The van der Waals surface area contributed by atoms with E-state index >= 15 is 0 Å². The van der Waals surface area contributed by atoms with Gasteiger partial charge in [0.15, 0.2) is 11.6 Å². The maximum absolute atomic E-state index is 14.7. The van der Waals surface area contributed by atoms with Crippen molar-refractivity contribution in [1.82, 2.24) is 67.5 Å². The van der Waals surface area contributed by atoms with Crippen LogP contribution in [0.4, 0.5) is 18.8 Å². The first-order chi connectivity index (χ1) is 65.3. The van der Waals surface area contributed by atoms with E-state index in [1.54, 1.807) is 63.9 Å². The summed E-state index contributed by atoms with van der Waals surface area (Å²) in [5.74, 6) is -9.21. The van der Waals surface area contributed by atoms with Crippen LogP contribution in [0.15, 0.2) is 48.7 Å². The standard InChI is InChI=1S/C36H55N5O6.C35H50N6O6.C33H46FN5O6/c1-35(2)23-19-41(27(25(23)35)32(45)38-24(18-20-12-13-20)29(43)31(37)44)33(46)30(36(3)16-8-5-9-17-36)40-34(47)39-26(28(42)22-14-15-22)21-10-6-4-7-11-21;1-34(2,3)29(40-33(47)39-25(20-11-7-6-8-12-20)27(42)22-13-9-10-16-37-22)32(46)41-18-21-24(35(21,4)5)26(41)31(45)38-23(17-19-14-15-19)28(43)30(36)44;1-16(2)23(25(40)18-10-12-19(34)13-11-18)37-31(45)38-27(32(3,4)5)30(44)39-15-20-22(33(20,6)7)24(39)29(43)36-21(14-17-8-9-17)26(41)28(35)42/h20-27,30H,4-19H2,1-3H3,(H2,37,44)(H,38,45)(H2,39,40,47);9-10,13,16,19-21,23-26,29H,6-8,11-12,14-15,17-18H2,1-5H3,(H2,36,44)(H,38,45)(H2,39,40,47);10-13,16-17,20-24,27H,8-9,14-15H2,1-7H3,(H2,35,42)(H,36,43)(H2,37,38,45)/t23-,24?,25-,26-,27-,30+;21-,23?,24-,25-,26-,29+;20-,21?,22-,23-,24-,27+/m000/s1. The van der Waals surface area contributed by atoms with E-state index in [-0.39, 0.29) is 122 Å². The number of nitrogens with one attached hydrogen (secondary N) is 9. The minimum absolute atomic E-state index is 0.0136. The molecule has 15 N–H and O–H groups in total. The van der Waals surface area contributed by atoms with Crippen molar-refractivity contribution in [2.75, 3.05) is 19.6 Å². The number of urea groups is 3. The summed E-state index contributed by atoms with van der Waals surface area (Å²) in [4.78, 5) is 248. The van der Waals surface area contributed by atoms with Gasteiger partial charge in [-0.2, -0.15) is 0 Å². The van der Waals surface area contributed by atoms with Crippen molar-refractivity contribution in [2.24, 2.45) is 127 Å². The molecule has 10 aliphatic carbocycles. The number of benzene rings is 1. The number of halogens is 1. The third kappa shape index (κ3) is 24.6. The van der Waals surface area contributed by atoms with Crippen molar-refractivity contribution in [2.45, 2.75) is 343 Å². The zero-order chi connectivity index (χ0) is 102. The molecule has 34 nitrogen and oxygen atoms in total. The molecule has 13 fully saturated rings. The molecule has 2 aromatic rings. The van der Waals surface area contributed by atoms with E-state index in [2.05, 4.69) is 87.5 Å². The normalized spacial score (nSPS) is 26.4. The number of nitrogens with two attached hydrogens (primary N) is 3. The van der Waals surface area contributed by atoms with Crippen molar-refractivity contribution in [1.29, 1.82) is 0 Å². The van der Waals surface area contributed by atoms with Crippen LogP contribution in [0.2, 0.25) is 0 Å². The largest absolute Gasteiger partial charge is 0.363 e. The second-order valence-corrected chi connectivity index (χ2v) is 47.3. The molecule has 1 aromatic heterocycles. The van der Waals surface area contributed by atoms with Crippen LogP contribution in [-0.2, 0) is 62.3 Å². The van der Waals surface area contributed by atoms with Gasteiger partial charge in [0.2, 0.25) is 58.6 Å². The van der Waals surface area contributed by atoms with Crippen LogP contribution in [0.25, 0.3) is 0 Å². The number of pyridine rings is 1. The van der Waals surface area contributed by atoms with E-state index in [0.717, 1.165) is 148 Å². The van der Waals surface area contributed by atoms with Crippen LogP contribution in [0.3, 0.4) is 0 Å². The number of primary amides is 3. The Labute approximate surface area is 815 Å². The molecule has 1 aromatic carbocycles. The topological polar surface area (TPSA) is 516 Å². The van der Waals surface area contributed by atoms with E-state index in [0.29, 0.717) is 38.9 Å². The monoisotopic (exact) mass is 1930 g/mol. The molecule has 10 saturated carbocycles. The lowest BCUT2D eigenvalue weighted by Crippen LogP contribution is -2.63. The van der Waals surface area contributed by atoms with Crippen molar-refractivity contribution < 1.29 is 90.7 Å². The lowest BCUT2D eigenvalue weighted by Gasteiger charge is -2.43. The van der Waals surface area contributed by atoms with Gasteiger partial charge in [-0.25, -0.2) is 18.8 Å². The summed E-state index contributed by atoms with van der Waals surface area (Å²) in [6.45, 7) is 29.8. The Hall–Kier alpha value is -10.6. The predicted octanol–water partition coefficient (Wildman–Crippen LogP) is 8.69. The molecule has 762 valence electrons. The third-order valence-electron chi connectivity index (χ3n) is 33.4. The van der Waals surface area contributed by atoms with Gasteiger partial charge < -0.3 is 79.8 Å². The van der Waals surface area contributed by atoms with Gasteiger partial charge in [-0.05, 0) is 211 Å². The fourth-order valence-electron chi connectivity index (χ4n) is 23.8. The highest BCUT2D eigenvalue weighted by molar-refractivity contribution is 6.39. The zero-order valence-corrected chi connectivity index (χ0v) is 83.8. The molecule has 0 bridgehead atoms. The molecule has 3 saturated heterocycles. The first kappa shape index (κ1) is 106. The van der Waals surface area contributed by atoms with Gasteiger partial charge >= 0.3 is 18.1 Å². The second kappa shape index (κ2) is 42.3. The van der Waals surface area contributed by atoms with E-state index < -0.39 is 183 Å². The molecule has 0 radical (unpaired) electrons. The van der Waals surface area contributed by atoms with Crippen molar-refractivity contribution >= 4 is 106 Å². The number of ketones is 6. The lowest BCUT2D eigenvalue weighted by atomic mass is 9.70. The number of carbonyl (C=O) groups is 18. The maximum Gasteiger partial charge on any atom is 0.316 e. The van der Waals surface area contributed by atoms with Gasteiger partial charge in [0.1, 0.15) is 47.8 Å². The minimum Gasteiger partial charge on any atom is -0.363 e. The second-order valence-electron chi connectivity index (χ2n) is 47.3. The van der Waals surface area contributed by atoms with Crippen molar-refractivity contribution in [3.05, 3.63) is 65.7 Å². The summed E-state index contributed by atoms with van der Waals surface area (Å²) in [7, 11) is 0. The molecule has 15 rings (SSSR count). The number of likely N-dealkylation sites (tertiary alicyclic amines) is 3. The molecule has 0 spiro atoms. The first-order valence-electron chi connectivity index (χ1n) is 51.1. The highest BCUT2D eigenvalue weighted by Crippen LogP contribution is 2.67. The lowest BCUT2D eigenvalue weighted by molar-refractivity contribution is -0.146. The number of hydrogen-bond acceptors (Lipinski definition) is 19. The third-order valence-corrected chi connectivity index (χ3v) is 33.4. The number of hydrogen-bond donors (Lipinski definition) is 12. The molecule has 3 aliphatic heterocycles. The van der Waals surface area contributed by atoms with E-state index in [4.69, 9.17) is 17.2 Å². The maximum atomic E-state index is 14.7. The summed E-state index contributed by atoms with van der Waals surface area (Å²) >= 11 is 0. The van der Waals surface area contributed by atoms with Gasteiger partial charge in [-0.3, -0.25) is 76.9 Å². The van der Waals surface area contributed by atoms with Crippen LogP contribution in [0.5, 0.6) is 0 Å². The number of piperidine rings is 3. The molecule has 4 heterocycles. The van der Waals surface area contributed by atoms with E-state index in [9.17, 15) is 90.7 Å². The average molecular weight is 1930 g/mol. The van der Waals surface area contributed by atoms with Gasteiger partial charge in [0.25, 0.3) is 17.7 Å². The fourth-order valence-corrected chi connectivity index (χ4v) is 23.8. The van der Waals surface area contributed by atoms with Crippen LogP contribution < -0.4 is 65.1 Å².